The van der Waals surface area contributed by atoms with Gasteiger partial charge in [-0.1, -0.05) is 52.5 Å². The van der Waals surface area contributed by atoms with Crippen LogP contribution in [0, 0.1) is 0 Å². The predicted molar refractivity (Wildman–Crippen MR) is 123 cm³/mol. The second kappa shape index (κ2) is 8.85. The summed E-state index contributed by atoms with van der Waals surface area (Å²) in [5.74, 6) is -1.51. The Labute approximate surface area is 196 Å². The van der Waals surface area contributed by atoms with Gasteiger partial charge in [0, 0.05) is 26.7 Å². The van der Waals surface area contributed by atoms with E-state index >= 15 is 0 Å². The Morgan fingerprint density at radius 3 is 2.42 bits per heavy atom. The zero-order chi connectivity index (χ0) is 22.1. The first kappa shape index (κ1) is 21.6. The smallest absolute Gasteiger partial charge is 0.298 e. The molecule has 10 heteroatoms. The van der Waals surface area contributed by atoms with Crippen LogP contribution in [0.5, 0.6) is 0 Å². The van der Waals surface area contributed by atoms with Gasteiger partial charge in [-0.05, 0) is 42.0 Å². The third kappa shape index (κ3) is 4.38. The van der Waals surface area contributed by atoms with Gasteiger partial charge in [-0.3, -0.25) is 9.59 Å². The number of rotatable bonds is 5. The molecule has 0 spiro atoms. The van der Waals surface area contributed by atoms with Crippen molar-refractivity contribution in [2.75, 3.05) is 5.32 Å². The van der Waals surface area contributed by atoms with Gasteiger partial charge >= 0.3 is 0 Å². The van der Waals surface area contributed by atoms with Crippen LogP contribution in [0.25, 0.3) is 10.9 Å². The van der Waals surface area contributed by atoms with E-state index in [-0.39, 0.29) is 23.1 Å². The van der Waals surface area contributed by atoms with Gasteiger partial charge in [0.25, 0.3) is 11.7 Å². The van der Waals surface area contributed by atoms with E-state index in [9.17, 15) is 9.59 Å². The molecule has 2 heterocycles. The van der Waals surface area contributed by atoms with Gasteiger partial charge in [0.15, 0.2) is 0 Å². The summed E-state index contributed by atoms with van der Waals surface area (Å²) < 4.78 is 1.69. The zero-order valence-electron chi connectivity index (χ0n) is 15.6. The molecule has 0 aliphatic heterocycles. The van der Waals surface area contributed by atoms with Crippen LogP contribution in [0.2, 0.25) is 20.2 Å². The molecule has 31 heavy (non-hydrogen) atoms. The number of fused-ring (bicyclic) bond motifs is 1. The lowest BCUT2D eigenvalue weighted by Crippen LogP contribution is -2.23. The number of nitrogens with one attached hydrogen (secondary N) is 1. The summed E-state index contributed by atoms with van der Waals surface area (Å²) in [6.07, 6.45) is 2.70. The Morgan fingerprint density at radius 1 is 0.968 bits per heavy atom. The molecule has 0 atom stereocenters. The van der Waals surface area contributed by atoms with Crippen LogP contribution in [0.1, 0.15) is 15.9 Å². The molecule has 2 aromatic carbocycles. The maximum absolute atomic E-state index is 13.0. The number of benzene rings is 2. The van der Waals surface area contributed by atoms with Crippen LogP contribution in [0.3, 0.4) is 0 Å². The van der Waals surface area contributed by atoms with Crippen molar-refractivity contribution in [3.05, 3.63) is 86.3 Å². The van der Waals surface area contributed by atoms with Gasteiger partial charge in [-0.2, -0.15) is 0 Å². The summed E-state index contributed by atoms with van der Waals surface area (Å²) in [5, 5.41) is 4.34. The molecule has 0 bridgehead atoms. The molecule has 0 saturated heterocycles. The Bertz CT molecular complexity index is 1320. The molecule has 0 fully saturated rings. The number of nitrogens with zero attached hydrogens (tertiary/aromatic N) is 3. The standard InChI is InChI=1S/C21H12Cl4N4O2/c22-12-3-4-16-14(7-12)18(19(30)21(31)28-17-5-6-26-10-27-17)20(25)29(16)9-11-1-2-13(23)8-15(11)24/h1-8,10H,9H2,(H,26,27,28,31). The van der Waals surface area contributed by atoms with E-state index in [4.69, 9.17) is 46.4 Å². The Balaban J connectivity index is 1.78. The number of aromatic nitrogens is 3. The minimum absolute atomic E-state index is 0.0378. The number of carbonyl (C=O) groups is 2. The molecule has 0 radical (unpaired) electrons. The Kier molecular flexibility index (Phi) is 6.16. The second-order valence-electron chi connectivity index (χ2n) is 6.53. The molecular weight excluding hydrogens is 482 g/mol. The third-order valence-corrected chi connectivity index (χ3v) is 5.78. The lowest BCUT2D eigenvalue weighted by atomic mass is 10.1. The number of Topliss-reactive ketones (excluding diaryl/α,β-unsaturated/α-hetero) is 1. The minimum atomic E-state index is -0.885. The lowest BCUT2D eigenvalue weighted by molar-refractivity contribution is -0.112. The predicted octanol–water partition coefficient (Wildman–Crippen LogP) is 5.91. The number of hydrogen-bond acceptors (Lipinski definition) is 4. The molecule has 2 aromatic heterocycles. The van der Waals surface area contributed by atoms with Gasteiger partial charge in [-0.25, -0.2) is 9.97 Å². The van der Waals surface area contributed by atoms with Crippen molar-refractivity contribution in [1.82, 2.24) is 14.5 Å². The number of anilines is 1. The first-order valence-electron chi connectivity index (χ1n) is 8.88. The number of amides is 1. The van der Waals surface area contributed by atoms with Crippen LogP contribution in [0.4, 0.5) is 5.82 Å². The van der Waals surface area contributed by atoms with Gasteiger partial charge in [0.05, 0.1) is 17.6 Å². The molecule has 156 valence electrons. The largest absolute Gasteiger partial charge is 0.326 e. The summed E-state index contributed by atoms with van der Waals surface area (Å²) in [6, 6.07) is 11.6. The molecule has 0 aliphatic rings. The number of carbonyl (C=O) groups excluding carboxylic acids is 2. The fourth-order valence-corrected chi connectivity index (χ4v) is 4.12. The molecule has 0 saturated carbocycles. The maximum Gasteiger partial charge on any atom is 0.298 e. The lowest BCUT2D eigenvalue weighted by Gasteiger charge is -2.10. The Morgan fingerprint density at radius 2 is 1.71 bits per heavy atom. The van der Waals surface area contributed by atoms with E-state index in [1.165, 1.54) is 18.6 Å². The minimum Gasteiger partial charge on any atom is -0.326 e. The van der Waals surface area contributed by atoms with Crippen molar-refractivity contribution in [2.45, 2.75) is 6.54 Å². The summed E-state index contributed by atoms with van der Waals surface area (Å²) in [4.78, 5) is 33.3. The summed E-state index contributed by atoms with van der Waals surface area (Å²) in [5.41, 5.74) is 1.40. The van der Waals surface area contributed by atoms with Crippen molar-refractivity contribution >= 4 is 74.8 Å². The average Bonchev–Trinajstić information content (AvgIpc) is 3.00. The monoisotopic (exact) mass is 492 g/mol. The topological polar surface area (TPSA) is 76.9 Å². The molecular formula is C21H12Cl4N4O2. The number of hydrogen-bond donors (Lipinski definition) is 1. The highest BCUT2D eigenvalue weighted by atomic mass is 35.5. The van der Waals surface area contributed by atoms with E-state index in [0.29, 0.717) is 26.0 Å². The number of halogens is 4. The molecule has 4 rings (SSSR count). The van der Waals surface area contributed by atoms with Crippen molar-refractivity contribution < 1.29 is 9.59 Å². The van der Waals surface area contributed by atoms with Gasteiger partial charge < -0.3 is 9.88 Å². The SMILES string of the molecule is O=C(Nc1ccncn1)C(=O)c1c(Cl)n(Cc2ccc(Cl)cc2Cl)c2ccc(Cl)cc12. The van der Waals surface area contributed by atoms with Crippen LogP contribution in [0.15, 0.2) is 55.0 Å². The van der Waals surface area contributed by atoms with E-state index in [2.05, 4.69) is 15.3 Å². The highest BCUT2D eigenvalue weighted by molar-refractivity contribution is 6.52. The quantitative estimate of drug-likeness (QED) is 0.276. The van der Waals surface area contributed by atoms with E-state index in [1.807, 2.05) is 0 Å². The summed E-state index contributed by atoms with van der Waals surface area (Å²) >= 11 is 25.1. The van der Waals surface area contributed by atoms with Crippen LogP contribution in [-0.2, 0) is 11.3 Å². The molecule has 0 aliphatic carbocycles. The fraction of sp³-hybridized carbons (Fsp3) is 0.0476. The number of ketones is 1. The summed E-state index contributed by atoms with van der Waals surface area (Å²) in [7, 11) is 0. The molecule has 1 N–H and O–H groups in total. The van der Waals surface area contributed by atoms with E-state index < -0.39 is 11.7 Å². The van der Waals surface area contributed by atoms with Crippen molar-refractivity contribution in [3.63, 3.8) is 0 Å². The van der Waals surface area contributed by atoms with Gasteiger partial charge in [0.1, 0.15) is 17.3 Å². The molecule has 4 aromatic rings. The highest BCUT2D eigenvalue weighted by Crippen LogP contribution is 2.34. The Hall–Kier alpha value is -2.64. The third-order valence-electron chi connectivity index (χ3n) is 4.56. The van der Waals surface area contributed by atoms with Gasteiger partial charge in [0.2, 0.25) is 0 Å². The van der Waals surface area contributed by atoms with Gasteiger partial charge in [-0.15, -0.1) is 0 Å². The zero-order valence-corrected chi connectivity index (χ0v) is 18.6. The van der Waals surface area contributed by atoms with Crippen molar-refractivity contribution in [2.24, 2.45) is 0 Å². The summed E-state index contributed by atoms with van der Waals surface area (Å²) in [6.45, 7) is 0.258. The van der Waals surface area contributed by atoms with Crippen LogP contribution >= 0.6 is 46.4 Å². The second-order valence-corrected chi connectivity index (χ2v) is 8.17. The van der Waals surface area contributed by atoms with Crippen molar-refractivity contribution in [3.8, 4) is 0 Å². The first-order valence-corrected chi connectivity index (χ1v) is 10.4. The molecule has 0 unspecified atom stereocenters. The first-order chi connectivity index (χ1) is 14.8. The van der Waals surface area contributed by atoms with Crippen LogP contribution in [-0.4, -0.2) is 26.2 Å². The molecule has 6 nitrogen and oxygen atoms in total. The normalized spacial score (nSPS) is 11.0. The maximum atomic E-state index is 13.0. The van der Waals surface area contributed by atoms with Crippen LogP contribution < -0.4 is 5.32 Å². The molecule has 1 amide bonds. The fourth-order valence-electron chi connectivity index (χ4n) is 3.14. The average molecular weight is 494 g/mol. The van der Waals surface area contributed by atoms with Crippen molar-refractivity contribution in [1.29, 1.82) is 0 Å². The van der Waals surface area contributed by atoms with E-state index in [0.717, 1.165) is 5.56 Å². The van der Waals surface area contributed by atoms with E-state index in [1.54, 1.807) is 41.0 Å². The highest BCUT2D eigenvalue weighted by Gasteiger charge is 2.27.